The summed E-state index contributed by atoms with van der Waals surface area (Å²) in [6.07, 6.45) is 0.796. The normalized spacial score (nSPS) is 11.3. The Morgan fingerprint density at radius 2 is 1.32 bits per heavy atom. The fourth-order valence-corrected chi connectivity index (χ4v) is 5.20. The molecule has 0 atom stereocenters. The van der Waals surface area contributed by atoms with Gasteiger partial charge in [0.2, 0.25) is 0 Å². The third kappa shape index (κ3) is 6.44. The van der Waals surface area contributed by atoms with E-state index in [0.717, 1.165) is 29.0 Å². The molecule has 2 aromatic carbocycles. The van der Waals surface area contributed by atoms with Gasteiger partial charge in [0.15, 0.2) is 11.5 Å². The van der Waals surface area contributed by atoms with Gasteiger partial charge in [-0.15, -0.1) is 0 Å². The number of nitrogens with zero attached hydrogens (tertiary/aromatic N) is 2. The van der Waals surface area contributed by atoms with Crippen LogP contribution < -0.4 is 0 Å². The van der Waals surface area contributed by atoms with Crippen LogP contribution in [-0.2, 0) is 17.4 Å². The number of rotatable bonds is 6. The Kier molecular flexibility index (Phi) is 9.95. The Morgan fingerprint density at radius 1 is 0.892 bits per heavy atom. The van der Waals surface area contributed by atoms with Crippen LogP contribution in [0.3, 0.4) is 0 Å². The highest BCUT2D eigenvalue weighted by molar-refractivity contribution is 9.09. The van der Waals surface area contributed by atoms with Gasteiger partial charge in [0.05, 0.1) is 36.6 Å². The molecule has 4 rings (SSSR count). The van der Waals surface area contributed by atoms with Crippen molar-refractivity contribution in [2.45, 2.75) is 45.0 Å². The highest BCUT2D eigenvalue weighted by atomic mass is 79.9. The maximum atomic E-state index is 9.45. The molecule has 0 amide bonds. The van der Waals surface area contributed by atoms with Crippen LogP contribution in [-0.4, -0.2) is 15.4 Å². The van der Waals surface area contributed by atoms with E-state index in [1.54, 1.807) is 37.3 Å². The SMILES string of the molecule is C=C(C)c1onc(-c2c(Cl)cccc2Cl)c1CO.CCc1c(-c2c(Cl)cccc2Cl)noc1C(C)(C)Br. The van der Waals surface area contributed by atoms with Crippen molar-refractivity contribution in [1.82, 2.24) is 10.3 Å². The van der Waals surface area contributed by atoms with E-state index in [-0.39, 0.29) is 10.9 Å². The van der Waals surface area contributed by atoms with Crippen LogP contribution in [0, 0.1) is 0 Å². The van der Waals surface area contributed by atoms with Crippen LogP contribution in [0.4, 0.5) is 0 Å². The van der Waals surface area contributed by atoms with Crippen molar-refractivity contribution in [3.63, 3.8) is 0 Å². The fourth-order valence-electron chi connectivity index (χ4n) is 3.74. The molecule has 0 unspecified atom stereocenters. The van der Waals surface area contributed by atoms with E-state index in [0.29, 0.717) is 48.2 Å². The molecule has 0 aliphatic rings. The minimum absolute atomic E-state index is 0.220. The van der Waals surface area contributed by atoms with E-state index in [1.807, 2.05) is 19.9 Å². The van der Waals surface area contributed by atoms with Gasteiger partial charge in [-0.2, -0.15) is 0 Å². The first-order chi connectivity index (χ1) is 17.4. The predicted octanol–water partition coefficient (Wildman–Crippen LogP) is 10.0. The third-order valence-electron chi connectivity index (χ3n) is 5.41. The van der Waals surface area contributed by atoms with Gasteiger partial charge in [-0.05, 0) is 57.0 Å². The molecule has 10 heteroatoms. The summed E-state index contributed by atoms with van der Waals surface area (Å²) in [4.78, 5) is 0. The van der Waals surface area contributed by atoms with Crippen molar-refractivity contribution in [2.24, 2.45) is 0 Å². The minimum atomic E-state index is -0.280. The number of aliphatic hydroxyl groups is 1. The second kappa shape index (κ2) is 12.4. The predicted molar refractivity (Wildman–Crippen MR) is 156 cm³/mol. The number of halogens is 5. The van der Waals surface area contributed by atoms with Gasteiger partial charge >= 0.3 is 0 Å². The second-order valence-electron chi connectivity index (χ2n) is 8.64. The molecule has 0 fully saturated rings. The molecule has 2 heterocycles. The lowest BCUT2D eigenvalue weighted by molar-refractivity contribution is 0.280. The van der Waals surface area contributed by atoms with Gasteiger partial charge in [0.1, 0.15) is 11.4 Å². The third-order valence-corrected chi connectivity index (χ3v) is 7.03. The number of allylic oxidation sites excluding steroid dienone is 1. The number of alkyl halides is 1. The Morgan fingerprint density at radius 3 is 1.70 bits per heavy atom. The number of benzene rings is 2. The van der Waals surface area contributed by atoms with Crippen molar-refractivity contribution in [1.29, 1.82) is 0 Å². The van der Waals surface area contributed by atoms with Gasteiger partial charge in [0.25, 0.3) is 0 Å². The van der Waals surface area contributed by atoms with Crippen molar-refractivity contribution in [3.05, 3.63) is 85.7 Å². The van der Waals surface area contributed by atoms with E-state index < -0.39 is 0 Å². The largest absolute Gasteiger partial charge is 0.391 e. The van der Waals surface area contributed by atoms with Crippen LogP contribution in [0.5, 0.6) is 0 Å². The lowest BCUT2D eigenvalue weighted by atomic mass is 9.99. The first kappa shape index (κ1) is 29.8. The number of aromatic nitrogens is 2. The minimum Gasteiger partial charge on any atom is -0.391 e. The topological polar surface area (TPSA) is 72.3 Å². The summed E-state index contributed by atoms with van der Waals surface area (Å²) in [5.74, 6) is 1.27. The van der Waals surface area contributed by atoms with E-state index in [2.05, 4.69) is 39.7 Å². The molecule has 0 spiro atoms. The Hall–Kier alpha value is -1.80. The van der Waals surface area contributed by atoms with Gasteiger partial charge in [-0.1, -0.05) is 98.3 Å². The fraction of sp³-hybridized carbons (Fsp3) is 0.259. The Bertz CT molecular complexity index is 1380. The molecule has 37 heavy (non-hydrogen) atoms. The average molecular weight is 647 g/mol. The lowest BCUT2D eigenvalue weighted by Gasteiger charge is -2.14. The lowest BCUT2D eigenvalue weighted by Crippen LogP contribution is -2.08. The molecule has 0 aliphatic heterocycles. The van der Waals surface area contributed by atoms with Crippen LogP contribution in [0.1, 0.15) is 50.3 Å². The maximum Gasteiger partial charge on any atom is 0.168 e. The van der Waals surface area contributed by atoms with Crippen LogP contribution in [0.15, 0.2) is 52.0 Å². The average Bonchev–Trinajstić information content (AvgIpc) is 3.44. The zero-order valence-electron chi connectivity index (χ0n) is 20.6. The quantitative estimate of drug-likeness (QED) is 0.211. The number of aliphatic hydroxyl groups excluding tert-OH is 1. The summed E-state index contributed by atoms with van der Waals surface area (Å²) < 4.78 is 10.4. The first-order valence-corrected chi connectivity index (χ1v) is 13.5. The Labute approximate surface area is 244 Å². The second-order valence-corrected chi connectivity index (χ2v) is 12.2. The monoisotopic (exact) mass is 644 g/mol. The van der Waals surface area contributed by atoms with E-state index >= 15 is 0 Å². The molecular weight excluding hydrogens is 622 g/mol. The highest BCUT2D eigenvalue weighted by Crippen LogP contribution is 2.42. The smallest absolute Gasteiger partial charge is 0.168 e. The van der Waals surface area contributed by atoms with Gasteiger partial charge < -0.3 is 14.2 Å². The molecule has 0 saturated carbocycles. The van der Waals surface area contributed by atoms with Crippen LogP contribution >= 0.6 is 62.3 Å². The number of hydrogen-bond acceptors (Lipinski definition) is 5. The summed E-state index contributed by atoms with van der Waals surface area (Å²) in [6, 6.07) is 10.6. The molecule has 1 N–H and O–H groups in total. The van der Waals surface area contributed by atoms with Gasteiger partial charge in [-0.3, -0.25) is 0 Å². The summed E-state index contributed by atoms with van der Waals surface area (Å²) in [6.45, 7) is 11.4. The number of hydrogen-bond donors (Lipinski definition) is 1. The maximum absolute atomic E-state index is 9.45. The van der Waals surface area contributed by atoms with E-state index in [9.17, 15) is 5.11 Å². The zero-order chi connectivity index (χ0) is 27.5. The van der Waals surface area contributed by atoms with Crippen molar-refractivity contribution >= 4 is 67.9 Å². The Balaban J connectivity index is 0.000000206. The molecule has 0 radical (unpaired) electrons. The van der Waals surface area contributed by atoms with Gasteiger partial charge in [0, 0.05) is 16.7 Å². The molecule has 0 saturated heterocycles. The summed E-state index contributed by atoms with van der Waals surface area (Å²) in [5, 5.41) is 19.6. The zero-order valence-corrected chi connectivity index (χ0v) is 25.2. The summed E-state index contributed by atoms with van der Waals surface area (Å²) in [7, 11) is 0. The van der Waals surface area contributed by atoms with Crippen molar-refractivity contribution in [3.8, 4) is 22.5 Å². The van der Waals surface area contributed by atoms with E-state index in [4.69, 9.17) is 55.4 Å². The van der Waals surface area contributed by atoms with E-state index in [1.165, 1.54) is 0 Å². The summed E-state index contributed by atoms with van der Waals surface area (Å²) >= 11 is 28.3. The molecule has 0 aliphatic carbocycles. The highest BCUT2D eigenvalue weighted by Gasteiger charge is 2.29. The van der Waals surface area contributed by atoms with Crippen LogP contribution in [0.25, 0.3) is 28.1 Å². The first-order valence-electron chi connectivity index (χ1n) is 11.2. The molecule has 196 valence electrons. The molecular formula is C27H25BrCl4N2O3. The van der Waals surface area contributed by atoms with Crippen molar-refractivity contribution in [2.75, 3.05) is 0 Å². The standard InChI is InChI=1S/C14H14BrCl2NO.C13H11Cl2NO2/c1-4-8-12(18-19-13(8)14(2,3)15)11-9(16)6-5-7-10(11)17;1-7(2)13-8(6-17)12(16-18-13)11-9(14)4-3-5-10(11)15/h5-7H,4H2,1-3H3;3-5,17H,1,6H2,2H3. The molecule has 4 aromatic rings. The molecule has 0 bridgehead atoms. The van der Waals surface area contributed by atoms with Crippen molar-refractivity contribution < 1.29 is 14.2 Å². The van der Waals surface area contributed by atoms with Crippen LogP contribution in [0.2, 0.25) is 20.1 Å². The van der Waals surface area contributed by atoms with Gasteiger partial charge in [-0.25, -0.2) is 0 Å². The molecule has 2 aromatic heterocycles. The summed E-state index contributed by atoms with van der Waals surface area (Å²) in [5.41, 5.74) is 4.71. The molecule has 5 nitrogen and oxygen atoms in total.